The number of nitrogens with zero attached hydrogens (tertiary/aromatic N) is 1. The lowest BCUT2D eigenvalue weighted by molar-refractivity contribution is -0.137. The number of halogens is 3. The van der Waals surface area contributed by atoms with Gasteiger partial charge in [0.15, 0.2) is 0 Å². The molecule has 6 nitrogen and oxygen atoms in total. The molecule has 0 saturated carbocycles. The van der Waals surface area contributed by atoms with Crippen LogP contribution in [0, 0.1) is 6.92 Å². The molecule has 0 saturated heterocycles. The number of nitrogens with one attached hydrogen (secondary N) is 3. The molecule has 3 N–H and O–H groups in total. The highest BCUT2D eigenvalue weighted by atomic mass is 32.1. The topological polar surface area (TPSA) is 86.9 Å². The Morgan fingerprint density at radius 1 is 1.00 bits per heavy atom. The van der Waals surface area contributed by atoms with Crippen LogP contribution in [0.2, 0.25) is 0 Å². The van der Waals surface area contributed by atoms with Crippen LogP contribution in [0.3, 0.4) is 0 Å². The van der Waals surface area contributed by atoms with Crippen molar-refractivity contribution in [3.8, 4) is 0 Å². The number of pyridine rings is 1. The Morgan fingerprint density at radius 3 is 2.63 bits per heavy atom. The number of carbonyl (C=O) groups excluding carboxylic acids is 2. The van der Waals surface area contributed by atoms with Crippen molar-refractivity contribution >= 4 is 55.6 Å². The molecule has 3 aromatic heterocycles. The van der Waals surface area contributed by atoms with E-state index in [1.165, 1.54) is 29.5 Å². The summed E-state index contributed by atoms with van der Waals surface area (Å²) in [4.78, 5) is 33.5. The van der Waals surface area contributed by atoms with Crippen LogP contribution in [0.5, 0.6) is 0 Å². The lowest BCUT2D eigenvalue weighted by atomic mass is 10.1. The number of hydrogen-bond acceptors (Lipinski definition) is 4. The normalized spacial score (nSPS) is 11.7. The Hall–Kier alpha value is -4.18. The number of hydrogen-bond donors (Lipinski definition) is 3. The van der Waals surface area contributed by atoms with E-state index in [1.54, 1.807) is 37.5 Å². The molecule has 5 rings (SSSR count). The van der Waals surface area contributed by atoms with Gasteiger partial charge in [0.1, 0.15) is 5.65 Å². The second kappa shape index (κ2) is 8.55. The van der Waals surface area contributed by atoms with Crippen molar-refractivity contribution in [2.45, 2.75) is 13.1 Å². The van der Waals surface area contributed by atoms with Crippen LogP contribution in [0.25, 0.3) is 21.1 Å². The van der Waals surface area contributed by atoms with Gasteiger partial charge in [0, 0.05) is 44.8 Å². The number of aryl methyl sites for hydroxylation is 1. The Balaban J connectivity index is 1.37. The van der Waals surface area contributed by atoms with Crippen LogP contribution in [0.15, 0.2) is 67.0 Å². The van der Waals surface area contributed by atoms with E-state index >= 15 is 0 Å². The van der Waals surface area contributed by atoms with Crippen LogP contribution in [0.1, 0.15) is 31.2 Å². The van der Waals surface area contributed by atoms with E-state index in [2.05, 4.69) is 20.6 Å². The number of amides is 2. The summed E-state index contributed by atoms with van der Waals surface area (Å²) in [5.41, 5.74) is 1.24. The van der Waals surface area contributed by atoms with Crippen LogP contribution < -0.4 is 10.6 Å². The molecule has 176 valence electrons. The van der Waals surface area contributed by atoms with Gasteiger partial charge in [0.2, 0.25) is 0 Å². The summed E-state index contributed by atoms with van der Waals surface area (Å²) in [6, 6.07) is 12.8. The number of H-pyrrole nitrogens is 1. The Bertz CT molecular complexity index is 1600. The molecule has 10 heteroatoms. The fourth-order valence-corrected chi connectivity index (χ4v) is 4.72. The molecule has 2 aromatic carbocycles. The largest absolute Gasteiger partial charge is 0.416 e. The number of carbonyl (C=O) groups is 2. The van der Waals surface area contributed by atoms with Gasteiger partial charge in [-0.2, -0.15) is 13.2 Å². The number of alkyl halides is 3. The fraction of sp³-hybridized carbons (Fsp3) is 0.0800. The molecule has 3 heterocycles. The molecule has 5 aromatic rings. The van der Waals surface area contributed by atoms with Crippen molar-refractivity contribution in [3.63, 3.8) is 0 Å². The highest BCUT2D eigenvalue weighted by Crippen LogP contribution is 2.32. The van der Waals surface area contributed by atoms with Gasteiger partial charge in [0.25, 0.3) is 11.8 Å². The van der Waals surface area contributed by atoms with E-state index in [-0.39, 0.29) is 17.2 Å². The minimum Gasteiger partial charge on any atom is -0.346 e. The third-order valence-corrected chi connectivity index (χ3v) is 6.67. The van der Waals surface area contributed by atoms with Gasteiger partial charge in [-0.05, 0) is 55.0 Å². The van der Waals surface area contributed by atoms with Crippen molar-refractivity contribution < 1.29 is 22.8 Å². The zero-order chi connectivity index (χ0) is 24.7. The quantitative estimate of drug-likeness (QED) is 0.263. The molecule has 2 amide bonds. The van der Waals surface area contributed by atoms with E-state index < -0.39 is 17.6 Å². The highest BCUT2D eigenvalue weighted by molar-refractivity contribution is 7.21. The van der Waals surface area contributed by atoms with Crippen LogP contribution >= 0.6 is 11.3 Å². The number of benzene rings is 2. The monoisotopic (exact) mass is 494 g/mol. The Kier molecular flexibility index (Phi) is 5.52. The molecule has 0 bridgehead atoms. The van der Waals surface area contributed by atoms with E-state index in [0.29, 0.717) is 10.6 Å². The fourth-order valence-electron chi connectivity index (χ4n) is 3.67. The average molecular weight is 494 g/mol. The zero-order valence-corrected chi connectivity index (χ0v) is 19.0. The predicted octanol–water partition coefficient (Wildman–Crippen LogP) is 6.61. The lowest BCUT2D eigenvalue weighted by Crippen LogP contribution is -2.15. The summed E-state index contributed by atoms with van der Waals surface area (Å²) >= 11 is 1.34. The zero-order valence-electron chi connectivity index (χ0n) is 18.2. The first-order valence-corrected chi connectivity index (χ1v) is 11.3. The maximum absolute atomic E-state index is 13.0. The number of aromatic amines is 1. The molecule has 0 aliphatic carbocycles. The SMILES string of the molecule is Cc1ccc(C(=O)Nc2cccc(C(F)(F)F)c2)cc1NC(=O)c1cc2cnc3[nH]ccc3c2s1. The number of rotatable bonds is 4. The first-order valence-electron chi connectivity index (χ1n) is 10.5. The van der Waals surface area contributed by atoms with Crippen molar-refractivity contribution in [1.29, 1.82) is 0 Å². The minimum absolute atomic E-state index is 0.0194. The lowest BCUT2D eigenvalue weighted by Gasteiger charge is -2.12. The smallest absolute Gasteiger partial charge is 0.346 e. The standard InChI is InChI=1S/C25H17F3N4O2S/c1-13-5-6-14(23(33)31-17-4-2-3-16(11-17)25(26,27)28)9-19(13)32-24(34)20-10-15-12-30-22-18(7-8-29-22)21(15)35-20/h2-12H,1H3,(H,29,30)(H,31,33)(H,32,34). The number of fused-ring (bicyclic) bond motifs is 3. The van der Waals surface area contributed by atoms with E-state index in [1.807, 2.05) is 6.07 Å². The van der Waals surface area contributed by atoms with Gasteiger partial charge in [0.05, 0.1) is 10.4 Å². The summed E-state index contributed by atoms with van der Waals surface area (Å²) in [7, 11) is 0. The Morgan fingerprint density at radius 2 is 1.83 bits per heavy atom. The van der Waals surface area contributed by atoms with E-state index in [0.717, 1.165) is 38.8 Å². The predicted molar refractivity (Wildman–Crippen MR) is 130 cm³/mol. The van der Waals surface area contributed by atoms with Gasteiger partial charge in [-0.25, -0.2) is 4.98 Å². The summed E-state index contributed by atoms with van der Waals surface area (Å²) in [5.74, 6) is -0.934. The van der Waals surface area contributed by atoms with E-state index in [4.69, 9.17) is 0 Å². The average Bonchev–Trinajstić information content (AvgIpc) is 3.46. The Labute approximate surface area is 200 Å². The third kappa shape index (κ3) is 4.47. The number of aromatic nitrogens is 2. The van der Waals surface area contributed by atoms with Crippen molar-refractivity contribution in [1.82, 2.24) is 9.97 Å². The first-order chi connectivity index (χ1) is 16.7. The minimum atomic E-state index is -4.52. The van der Waals surface area contributed by atoms with Crippen LogP contribution in [0.4, 0.5) is 24.5 Å². The van der Waals surface area contributed by atoms with Crippen LogP contribution in [-0.4, -0.2) is 21.8 Å². The summed E-state index contributed by atoms with van der Waals surface area (Å²) in [6.45, 7) is 1.78. The first kappa shape index (κ1) is 22.6. The van der Waals surface area contributed by atoms with Crippen molar-refractivity contribution in [2.75, 3.05) is 10.6 Å². The molecule has 0 aliphatic rings. The molecular weight excluding hydrogens is 477 g/mol. The summed E-state index contributed by atoms with van der Waals surface area (Å²) in [6.07, 6.45) is -1.03. The van der Waals surface area contributed by atoms with Crippen molar-refractivity contribution in [3.05, 3.63) is 88.6 Å². The van der Waals surface area contributed by atoms with Gasteiger partial charge in [-0.15, -0.1) is 11.3 Å². The van der Waals surface area contributed by atoms with Crippen molar-refractivity contribution in [2.24, 2.45) is 0 Å². The van der Waals surface area contributed by atoms with Gasteiger partial charge >= 0.3 is 6.18 Å². The number of thiophene rings is 1. The molecule has 0 fully saturated rings. The van der Waals surface area contributed by atoms with Gasteiger partial charge in [-0.3, -0.25) is 9.59 Å². The van der Waals surface area contributed by atoms with Gasteiger partial charge in [-0.1, -0.05) is 12.1 Å². The highest BCUT2D eigenvalue weighted by Gasteiger charge is 2.30. The third-order valence-electron chi connectivity index (χ3n) is 5.48. The second-order valence-electron chi connectivity index (χ2n) is 7.91. The summed E-state index contributed by atoms with van der Waals surface area (Å²) < 4.78 is 39.8. The molecule has 0 aliphatic heterocycles. The molecule has 0 atom stereocenters. The van der Waals surface area contributed by atoms with Gasteiger partial charge < -0.3 is 15.6 Å². The molecule has 0 radical (unpaired) electrons. The molecular formula is C25H17F3N4O2S. The second-order valence-corrected chi connectivity index (χ2v) is 8.96. The summed E-state index contributed by atoms with van der Waals surface area (Å²) in [5, 5.41) is 7.08. The number of anilines is 2. The molecule has 35 heavy (non-hydrogen) atoms. The van der Waals surface area contributed by atoms with E-state index in [9.17, 15) is 22.8 Å². The molecule has 0 spiro atoms. The maximum atomic E-state index is 13.0. The molecule has 0 unspecified atom stereocenters. The van der Waals surface area contributed by atoms with Crippen LogP contribution in [-0.2, 0) is 6.18 Å². The maximum Gasteiger partial charge on any atom is 0.416 e.